The maximum Gasteiger partial charge on any atom is 0.333 e. The standard InChI is InChI=1S/C21H16Cl2N4O5S2/c1-24-13-4-7-15-11(8-13)9-17(28)27(20(15)29)14-5-2-12(3-6-14)25-21(30)26-34(31,32)18-10-16(22)19(23)33-18/h2-10,24,29H,1H3,(H2,25,26,30). The lowest BCUT2D eigenvalue weighted by Crippen LogP contribution is -2.33. The zero-order chi connectivity index (χ0) is 24.6. The van der Waals surface area contributed by atoms with Crippen LogP contribution in [0.2, 0.25) is 9.36 Å². The highest BCUT2D eigenvalue weighted by Crippen LogP contribution is 2.34. The number of hydrogen-bond donors (Lipinski definition) is 4. The fraction of sp³-hybridized carbons (Fsp3) is 0.0476. The van der Waals surface area contributed by atoms with Gasteiger partial charge >= 0.3 is 6.03 Å². The number of sulfonamides is 1. The van der Waals surface area contributed by atoms with E-state index in [1.807, 2.05) is 4.72 Å². The lowest BCUT2D eigenvalue weighted by Gasteiger charge is -2.13. The van der Waals surface area contributed by atoms with Crippen molar-refractivity contribution in [3.8, 4) is 11.6 Å². The molecular formula is C21H16Cl2N4O5S2. The first-order chi connectivity index (χ1) is 16.1. The Balaban J connectivity index is 1.55. The molecule has 2 aromatic carbocycles. The summed E-state index contributed by atoms with van der Waals surface area (Å²) in [6, 6.07) is 12.7. The van der Waals surface area contributed by atoms with E-state index < -0.39 is 21.6 Å². The first-order valence-electron chi connectivity index (χ1n) is 9.54. The fourth-order valence-electron chi connectivity index (χ4n) is 3.20. The van der Waals surface area contributed by atoms with Crippen molar-refractivity contribution in [2.45, 2.75) is 4.21 Å². The molecule has 4 aromatic rings. The lowest BCUT2D eigenvalue weighted by molar-refractivity contribution is 0.256. The van der Waals surface area contributed by atoms with Crippen LogP contribution in [-0.2, 0) is 10.0 Å². The Labute approximate surface area is 207 Å². The zero-order valence-electron chi connectivity index (χ0n) is 17.3. The van der Waals surface area contributed by atoms with Crippen LogP contribution in [0.3, 0.4) is 0 Å². The number of rotatable bonds is 5. The Bertz CT molecular complexity index is 1560. The molecule has 176 valence electrons. The summed E-state index contributed by atoms with van der Waals surface area (Å²) in [6.07, 6.45) is 0. The van der Waals surface area contributed by atoms with Crippen molar-refractivity contribution in [1.82, 2.24) is 9.29 Å². The summed E-state index contributed by atoms with van der Waals surface area (Å²) in [4.78, 5) is 24.8. The molecule has 0 atom stereocenters. The van der Waals surface area contributed by atoms with Crippen molar-refractivity contribution in [3.63, 3.8) is 0 Å². The quantitative estimate of drug-likeness (QED) is 0.293. The third kappa shape index (κ3) is 4.68. The lowest BCUT2D eigenvalue weighted by atomic mass is 10.1. The third-order valence-electron chi connectivity index (χ3n) is 4.79. The van der Waals surface area contributed by atoms with Crippen molar-refractivity contribution in [2.24, 2.45) is 0 Å². The van der Waals surface area contributed by atoms with E-state index in [2.05, 4.69) is 10.6 Å². The van der Waals surface area contributed by atoms with Crippen molar-refractivity contribution in [2.75, 3.05) is 17.7 Å². The first kappa shape index (κ1) is 23.9. The molecule has 34 heavy (non-hydrogen) atoms. The fourth-order valence-corrected chi connectivity index (χ4v) is 5.98. The molecule has 0 saturated carbocycles. The van der Waals surface area contributed by atoms with Gasteiger partial charge < -0.3 is 15.7 Å². The van der Waals surface area contributed by atoms with Crippen molar-refractivity contribution in [1.29, 1.82) is 0 Å². The van der Waals surface area contributed by atoms with E-state index in [-0.39, 0.29) is 25.1 Å². The summed E-state index contributed by atoms with van der Waals surface area (Å²) in [5.41, 5.74) is 0.954. The molecule has 4 N–H and O–H groups in total. The summed E-state index contributed by atoms with van der Waals surface area (Å²) in [5.74, 6) is -0.233. The zero-order valence-corrected chi connectivity index (χ0v) is 20.4. The molecule has 0 aliphatic heterocycles. The topological polar surface area (TPSA) is 130 Å². The second-order valence-corrected chi connectivity index (χ2v) is 11.0. The largest absolute Gasteiger partial charge is 0.494 e. The number of fused-ring (bicyclic) bond motifs is 1. The van der Waals surface area contributed by atoms with Crippen LogP contribution >= 0.6 is 34.5 Å². The Morgan fingerprint density at radius 1 is 1.03 bits per heavy atom. The number of aromatic nitrogens is 1. The molecule has 13 heteroatoms. The van der Waals surface area contributed by atoms with Gasteiger partial charge in [0.2, 0.25) is 5.88 Å². The molecule has 0 spiro atoms. The number of aromatic hydroxyl groups is 1. The van der Waals surface area contributed by atoms with E-state index in [4.69, 9.17) is 23.2 Å². The second-order valence-electron chi connectivity index (χ2n) is 6.99. The summed E-state index contributed by atoms with van der Waals surface area (Å²) in [7, 11) is -2.41. The van der Waals surface area contributed by atoms with Gasteiger partial charge in [-0.25, -0.2) is 22.5 Å². The van der Waals surface area contributed by atoms with Gasteiger partial charge in [-0.3, -0.25) is 4.79 Å². The first-order valence-corrected chi connectivity index (χ1v) is 12.6. The van der Waals surface area contributed by atoms with Gasteiger partial charge in [-0.05, 0) is 53.9 Å². The van der Waals surface area contributed by atoms with Gasteiger partial charge in [0.15, 0.2) is 0 Å². The normalized spacial score (nSPS) is 11.4. The van der Waals surface area contributed by atoms with Crippen LogP contribution in [0.25, 0.3) is 16.5 Å². The van der Waals surface area contributed by atoms with E-state index in [1.54, 1.807) is 25.2 Å². The number of nitrogens with one attached hydrogen (secondary N) is 3. The van der Waals surface area contributed by atoms with Crippen molar-refractivity contribution in [3.05, 3.63) is 74.3 Å². The van der Waals surface area contributed by atoms with E-state index in [9.17, 15) is 23.1 Å². The van der Waals surface area contributed by atoms with Gasteiger partial charge in [-0.15, -0.1) is 11.3 Å². The molecule has 0 aliphatic rings. The number of benzene rings is 2. The van der Waals surface area contributed by atoms with Gasteiger partial charge in [0.05, 0.1) is 10.7 Å². The Hall–Kier alpha value is -3.25. The van der Waals surface area contributed by atoms with Crippen LogP contribution in [0, 0.1) is 0 Å². The number of amides is 2. The number of nitrogens with zero attached hydrogens (tertiary/aromatic N) is 1. The molecule has 0 saturated heterocycles. The number of pyridine rings is 1. The number of anilines is 2. The Kier molecular flexibility index (Phi) is 6.45. The minimum Gasteiger partial charge on any atom is -0.494 e. The maximum atomic E-state index is 12.7. The van der Waals surface area contributed by atoms with Crippen molar-refractivity contribution >= 4 is 72.7 Å². The van der Waals surface area contributed by atoms with Crippen LogP contribution in [0.1, 0.15) is 0 Å². The average Bonchev–Trinajstić information content (AvgIpc) is 3.13. The number of thiophene rings is 1. The van der Waals surface area contributed by atoms with E-state index in [1.165, 1.54) is 30.3 Å². The van der Waals surface area contributed by atoms with E-state index in [0.717, 1.165) is 27.7 Å². The van der Waals surface area contributed by atoms with Gasteiger partial charge in [0, 0.05) is 29.9 Å². The number of urea groups is 1. The number of carbonyl (C=O) groups excluding carboxylic acids is 1. The average molecular weight is 539 g/mol. The maximum absolute atomic E-state index is 12.7. The predicted molar refractivity (Wildman–Crippen MR) is 134 cm³/mol. The van der Waals surface area contributed by atoms with Gasteiger partial charge in [-0.2, -0.15) is 0 Å². The van der Waals surface area contributed by atoms with E-state index >= 15 is 0 Å². The van der Waals surface area contributed by atoms with Gasteiger partial charge in [-0.1, -0.05) is 23.2 Å². The SMILES string of the molecule is CNc1ccc2c(O)n(-c3ccc(NC(=O)NS(=O)(=O)c4cc(Cl)c(Cl)s4)cc3)c(=O)cc2c1. The number of halogens is 2. The molecule has 2 amide bonds. The van der Waals surface area contributed by atoms with Crippen LogP contribution in [-0.4, -0.2) is 31.2 Å². The molecule has 2 aromatic heterocycles. The molecule has 0 bridgehead atoms. The highest BCUT2D eigenvalue weighted by Gasteiger charge is 2.22. The molecule has 4 rings (SSSR count). The predicted octanol–water partition coefficient (Wildman–Crippen LogP) is 4.62. The van der Waals surface area contributed by atoms with Crippen LogP contribution < -0.4 is 20.9 Å². The molecular weight excluding hydrogens is 523 g/mol. The summed E-state index contributed by atoms with van der Waals surface area (Å²) >= 11 is 12.3. The molecule has 0 fully saturated rings. The summed E-state index contributed by atoms with van der Waals surface area (Å²) in [6.45, 7) is 0. The molecule has 0 unspecified atom stereocenters. The summed E-state index contributed by atoms with van der Waals surface area (Å²) < 4.78 is 27.5. The molecule has 0 aliphatic carbocycles. The van der Waals surface area contributed by atoms with Gasteiger partial charge in [0.1, 0.15) is 8.55 Å². The van der Waals surface area contributed by atoms with E-state index in [0.29, 0.717) is 16.5 Å². The monoisotopic (exact) mass is 538 g/mol. The highest BCUT2D eigenvalue weighted by molar-refractivity contribution is 7.92. The van der Waals surface area contributed by atoms with Crippen LogP contribution in [0.15, 0.2) is 63.6 Å². The smallest absolute Gasteiger partial charge is 0.333 e. The van der Waals surface area contributed by atoms with Crippen molar-refractivity contribution < 1.29 is 18.3 Å². The Morgan fingerprint density at radius 2 is 1.71 bits per heavy atom. The second kappa shape index (κ2) is 9.18. The van der Waals surface area contributed by atoms with Gasteiger partial charge in [0.25, 0.3) is 15.6 Å². The minimum absolute atomic E-state index is 0.0673. The minimum atomic E-state index is -4.16. The van der Waals surface area contributed by atoms with Crippen LogP contribution in [0.4, 0.5) is 16.2 Å². The third-order valence-corrected chi connectivity index (χ3v) is 8.46. The molecule has 9 nitrogen and oxygen atoms in total. The highest BCUT2D eigenvalue weighted by atomic mass is 35.5. The summed E-state index contributed by atoms with van der Waals surface area (Å²) in [5, 5.41) is 17.2. The van der Waals surface area contributed by atoms with Crippen LogP contribution in [0.5, 0.6) is 5.88 Å². The molecule has 0 radical (unpaired) electrons. The number of hydrogen-bond acceptors (Lipinski definition) is 7. The molecule has 2 heterocycles. The Morgan fingerprint density at radius 3 is 2.32 bits per heavy atom. The number of carbonyl (C=O) groups is 1.